The molecule has 0 unspecified atom stereocenters. The fraction of sp³-hybridized carbons (Fsp3) is 0.269. The van der Waals surface area contributed by atoms with Gasteiger partial charge in [0.15, 0.2) is 0 Å². The lowest BCUT2D eigenvalue weighted by atomic mass is 9.98. The standard InChI is InChI=1S/C26H27N3.HI/c1-19-13-15-29(16-14-19)26-17-21(28(2)25-10-6-4-8-23(25)26)12-11-20-18-27-24-9-5-3-7-22(20)24;/h3-12,17-19H,13-16H2,1-2H3;1H. The number of fused-ring (bicyclic) bond motifs is 2. The molecule has 1 fully saturated rings. The van der Waals surface area contributed by atoms with E-state index in [0.29, 0.717) is 0 Å². The molecule has 5 rings (SSSR count). The number of para-hydroxylation sites is 2. The zero-order chi connectivity index (χ0) is 19.8. The molecule has 154 valence electrons. The fourth-order valence-corrected chi connectivity index (χ4v) is 4.51. The van der Waals surface area contributed by atoms with E-state index in [-0.39, 0.29) is 24.0 Å². The minimum absolute atomic E-state index is 0. The summed E-state index contributed by atoms with van der Waals surface area (Å²) < 4.78 is 2.30. The van der Waals surface area contributed by atoms with E-state index in [1.54, 1.807) is 0 Å². The number of H-pyrrole nitrogens is 1. The summed E-state index contributed by atoms with van der Waals surface area (Å²) in [6.07, 6.45) is 9.12. The minimum Gasteiger partial charge on any atom is -1.00 e. The van der Waals surface area contributed by atoms with E-state index in [2.05, 4.69) is 101 Å². The number of piperidine rings is 1. The Balaban J connectivity index is 0.00000218. The smallest absolute Gasteiger partial charge is 0.214 e. The number of pyridine rings is 1. The van der Waals surface area contributed by atoms with E-state index in [1.165, 1.54) is 51.6 Å². The Hall–Kier alpha value is -2.34. The Bertz CT molecular complexity index is 1200. The third-order valence-electron chi connectivity index (χ3n) is 6.39. The molecule has 0 amide bonds. The van der Waals surface area contributed by atoms with Gasteiger partial charge in [-0.25, -0.2) is 0 Å². The molecule has 1 aliphatic rings. The van der Waals surface area contributed by atoms with Crippen LogP contribution in [0.5, 0.6) is 0 Å². The molecule has 0 spiro atoms. The average Bonchev–Trinajstić information content (AvgIpc) is 3.17. The van der Waals surface area contributed by atoms with Crippen molar-refractivity contribution in [2.24, 2.45) is 13.0 Å². The van der Waals surface area contributed by atoms with E-state index in [9.17, 15) is 0 Å². The van der Waals surface area contributed by atoms with Crippen LogP contribution in [-0.2, 0) is 7.05 Å². The van der Waals surface area contributed by atoms with Gasteiger partial charge in [0.05, 0.1) is 11.1 Å². The maximum Gasteiger partial charge on any atom is 0.214 e. The predicted molar refractivity (Wildman–Crippen MR) is 123 cm³/mol. The molecule has 0 atom stereocenters. The number of hydrogen-bond acceptors (Lipinski definition) is 1. The highest BCUT2D eigenvalue weighted by Crippen LogP contribution is 2.30. The number of aryl methyl sites for hydroxylation is 1. The Labute approximate surface area is 195 Å². The van der Waals surface area contributed by atoms with Crippen molar-refractivity contribution in [3.8, 4) is 0 Å². The van der Waals surface area contributed by atoms with Crippen LogP contribution < -0.4 is 33.4 Å². The number of halogens is 1. The van der Waals surface area contributed by atoms with Gasteiger partial charge in [-0.05, 0) is 42.5 Å². The van der Waals surface area contributed by atoms with E-state index < -0.39 is 0 Å². The van der Waals surface area contributed by atoms with Gasteiger partial charge in [0.1, 0.15) is 7.05 Å². The van der Waals surface area contributed by atoms with E-state index in [0.717, 1.165) is 19.0 Å². The number of anilines is 1. The first kappa shape index (κ1) is 20.9. The van der Waals surface area contributed by atoms with Gasteiger partial charge in [-0.15, -0.1) is 0 Å². The number of benzene rings is 2. The third-order valence-corrected chi connectivity index (χ3v) is 6.39. The quantitative estimate of drug-likeness (QED) is 0.333. The van der Waals surface area contributed by atoms with E-state index >= 15 is 0 Å². The van der Waals surface area contributed by atoms with Crippen LogP contribution in [0.4, 0.5) is 5.69 Å². The molecule has 0 bridgehead atoms. The van der Waals surface area contributed by atoms with Gasteiger partial charge in [-0.2, -0.15) is 4.57 Å². The van der Waals surface area contributed by atoms with Crippen molar-refractivity contribution < 1.29 is 28.5 Å². The summed E-state index contributed by atoms with van der Waals surface area (Å²) in [5, 5.41) is 2.60. The Morgan fingerprint density at radius 1 is 0.967 bits per heavy atom. The highest BCUT2D eigenvalue weighted by molar-refractivity contribution is 5.93. The van der Waals surface area contributed by atoms with Crippen LogP contribution in [0.2, 0.25) is 0 Å². The normalized spacial score (nSPS) is 15.2. The summed E-state index contributed by atoms with van der Waals surface area (Å²) in [5.74, 6) is 0.832. The molecule has 4 aromatic rings. The van der Waals surface area contributed by atoms with Gasteiger partial charge in [0.25, 0.3) is 0 Å². The number of aromatic nitrogens is 2. The van der Waals surface area contributed by atoms with Crippen LogP contribution in [0.1, 0.15) is 31.0 Å². The Morgan fingerprint density at radius 3 is 2.47 bits per heavy atom. The summed E-state index contributed by atoms with van der Waals surface area (Å²) in [5.41, 5.74) is 6.27. The maximum atomic E-state index is 3.37. The van der Waals surface area contributed by atoms with Gasteiger partial charge in [-0.1, -0.05) is 37.3 Å². The molecule has 1 saturated heterocycles. The molecule has 3 heterocycles. The number of nitrogens with zero attached hydrogens (tertiary/aromatic N) is 2. The first-order valence-electron chi connectivity index (χ1n) is 10.6. The van der Waals surface area contributed by atoms with Gasteiger partial charge in [0, 0.05) is 48.4 Å². The third kappa shape index (κ3) is 3.85. The summed E-state index contributed by atoms with van der Waals surface area (Å²) in [6, 6.07) is 19.6. The highest BCUT2D eigenvalue weighted by atomic mass is 127. The number of hydrogen-bond donors (Lipinski definition) is 1. The van der Waals surface area contributed by atoms with Crippen LogP contribution in [0.15, 0.2) is 60.8 Å². The van der Waals surface area contributed by atoms with Crippen molar-refractivity contribution in [2.45, 2.75) is 19.8 Å². The van der Waals surface area contributed by atoms with Crippen molar-refractivity contribution in [3.63, 3.8) is 0 Å². The summed E-state index contributed by atoms with van der Waals surface area (Å²) in [4.78, 5) is 5.94. The van der Waals surface area contributed by atoms with Crippen LogP contribution >= 0.6 is 0 Å². The van der Waals surface area contributed by atoms with Crippen molar-refractivity contribution in [1.82, 2.24) is 4.98 Å². The molecule has 2 aromatic carbocycles. The van der Waals surface area contributed by atoms with Gasteiger partial charge >= 0.3 is 0 Å². The number of rotatable bonds is 3. The second-order valence-electron chi connectivity index (χ2n) is 8.32. The SMILES string of the molecule is CC1CCN(c2cc(/C=C/c3c[nH]c4ccccc34)[n+](C)c3ccccc23)CC1.[I-]. The zero-order valence-electron chi connectivity index (χ0n) is 17.6. The van der Waals surface area contributed by atoms with Gasteiger partial charge in [-0.3, -0.25) is 0 Å². The van der Waals surface area contributed by atoms with Crippen molar-refractivity contribution in [1.29, 1.82) is 0 Å². The van der Waals surface area contributed by atoms with Crippen LogP contribution in [0, 0.1) is 5.92 Å². The van der Waals surface area contributed by atoms with E-state index in [1.807, 2.05) is 0 Å². The second kappa shape index (κ2) is 8.80. The molecule has 0 aliphatic carbocycles. The zero-order valence-corrected chi connectivity index (χ0v) is 19.8. The average molecular weight is 509 g/mol. The fourth-order valence-electron chi connectivity index (χ4n) is 4.51. The molecule has 30 heavy (non-hydrogen) atoms. The molecule has 3 nitrogen and oxygen atoms in total. The van der Waals surface area contributed by atoms with E-state index in [4.69, 9.17) is 0 Å². The Kier molecular flexibility index (Phi) is 6.14. The molecule has 1 aliphatic heterocycles. The predicted octanol–water partition coefficient (Wildman–Crippen LogP) is 2.56. The molecule has 2 aromatic heterocycles. The lowest BCUT2D eigenvalue weighted by Gasteiger charge is -2.32. The summed E-state index contributed by atoms with van der Waals surface area (Å²) in [6.45, 7) is 4.66. The lowest BCUT2D eigenvalue weighted by molar-refractivity contribution is -0.646. The van der Waals surface area contributed by atoms with Crippen molar-refractivity contribution in [2.75, 3.05) is 18.0 Å². The first-order chi connectivity index (χ1) is 14.2. The lowest BCUT2D eigenvalue weighted by Crippen LogP contribution is -3.00. The van der Waals surface area contributed by atoms with Crippen LogP contribution in [-0.4, -0.2) is 18.1 Å². The molecule has 1 N–H and O–H groups in total. The van der Waals surface area contributed by atoms with Crippen molar-refractivity contribution >= 4 is 39.6 Å². The number of nitrogens with one attached hydrogen (secondary N) is 1. The monoisotopic (exact) mass is 509 g/mol. The first-order valence-corrected chi connectivity index (χ1v) is 10.6. The molecule has 0 radical (unpaired) electrons. The van der Waals surface area contributed by atoms with Crippen LogP contribution in [0.3, 0.4) is 0 Å². The Morgan fingerprint density at radius 2 is 1.67 bits per heavy atom. The largest absolute Gasteiger partial charge is 1.00 e. The summed E-state index contributed by atoms with van der Waals surface area (Å²) >= 11 is 0. The molecular formula is C26H28IN3. The van der Waals surface area contributed by atoms with Gasteiger partial charge < -0.3 is 33.9 Å². The highest BCUT2D eigenvalue weighted by Gasteiger charge is 2.22. The molecule has 0 saturated carbocycles. The second-order valence-corrected chi connectivity index (χ2v) is 8.32. The number of aromatic amines is 1. The van der Waals surface area contributed by atoms with Crippen LogP contribution in [0.25, 0.3) is 34.0 Å². The van der Waals surface area contributed by atoms with Gasteiger partial charge in [0.2, 0.25) is 11.2 Å². The maximum absolute atomic E-state index is 3.37. The minimum atomic E-state index is 0. The molecular weight excluding hydrogens is 481 g/mol. The molecule has 4 heteroatoms. The van der Waals surface area contributed by atoms with Crippen molar-refractivity contribution in [3.05, 3.63) is 72.1 Å². The summed E-state index contributed by atoms with van der Waals surface area (Å²) in [7, 11) is 2.17. The topological polar surface area (TPSA) is 22.9 Å².